The molecular weight excluding hydrogens is 346 g/mol. The molecule has 0 saturated carbocycles. The molecule has 1 aliphatic heterocycles. The molecule has 4 rings (SSSR count). The summed E-state index contributed by atoms with van der Waals surface area (Å²) in [5.74, 6) is 3.52. The maximum atomic E-state index is 6.14. The lowest BCUT2D eigenvalue weighted by molar-refractivity contribution is 0.466. The summed E-state index contributed by atoms with van der Waals surface area (Å²) in [4.78, 5) is 6.81. The van der Waals surface area contributed by atoms with Gasteiger partial charge in [0.2, 0.25) is 0 Å². The van der Waals surface area contributed by atoms with Crippen LogP contribution in [0.25, 0.3) is 0 Å². The molecule has 0 radical (unpaired) electrons. The van der Waals surface area contributed by atoms with E-state index in [-0.39, 0.29) is 0 Å². The third kappa shape index (κ3) is 3.58. The highest BCUT2D eigenvalue weighted by atomic mass is 35.5. The summed E-state index contributed by atoms with van der Waals surface area (Å²) in [6, 6.07) is 14.1. The van der Waals surface area contributed by atoms with Crippen molar-refractivity contribution in [2.75, 3.05) is 18.0 Å². The van der Waals surface area contributed by atoms with Gasteiger partial charge in [-0.05, 0) is 49.6 Å². The highest BCUT2D eigenvalue weighted by molar-refractivity contribution is 6.30. The smallest absolute Gasteiger partial charge is 0.136 e. The summed E-state index contributed by atoms with van der Waals surface area (Å²) in [5.41, 5.74) is 1.17. The molecule has 1 aromatic carbocycles. The normalized spacial score (nSPS) is 15.4. The monoisotopic (exact) mass is 367 g/mol. The standard InChI is InChI=1S/C20H22ClN5/c1-15-23-24-20(26(15)14-16-5-4-6-18(21)13-16)17-8-11-25(12-9-17)19-7-2-3-10-22-19/h2-7,10,13,17H,8-9,11-12,14H2,1H3. The van der Waals surface area contributed by atoms with Crippen LogP contribution < -0.4 is 4.90 Å². The minimum Gasteiger partial charge on any atom is -0.357 e. The fourth-order valence-corrected chi connectivity index (χ4v) is 3.83. The molecule has 2 aromatic heterocycles. The Balaban J connectivity index is 1.49. The average Bonchev–Trinajstić information content (AvgIpc) is 3.03. The largest absolute Gasteiger partial charge is 0.357 e. The molecule has 0 aliphatic carbocycles. The van der Waals surface area contributed by atoms with Crippen molar-refractivity contribution in [1.29, 1.82) is 0 Å². The third-order valence-corrected chi connectivity index (χ3v) is 5.26. The van der Waals surface area contributed by atoms with Gasteiger partial charge in [0, 0.05) is 30.2 Å². The highest BCUT2D eigenvalue weighted by Crippen LogP contribution is 2.29. The molecule has 1 saturated heterocycles. The first-order valence-electron chi connectivity index (χ1n) is 9.01. The number of halogens is 1. The van der Waals surface area contributed by atoms with Gasteiger partial charge in [-0.25, -0.2) is 4.98 Å². The van der Waals surface area contributed by atoms with E-state index in [4.69, 9.17) is 11.6 Å². The number of anilines is 1. The topological polar surface area (TPSA) is 46.8 Å². The van der Waals surface area contributed by atoms with Gasteiger partial charge in [-0.15, -0.1) is 10.2 Å². The van der Waals surface area contributed by atoms with E-state index in [9.17, 15) is 0 Å². The van der Waals surface area contributed by atoms with Gasteiger partial charge in [-0.3, -0.25) is 0 Å². The Labute approximate surface area is 158 Å². The van der Waals surface area contributed by atoms with E-state index in [2.05, 4.69) is 36.8 Å². The number of benzene rings is 1. The minimum atomic E-state index is 0.426. The molecule has 0 N–H and O–H groups in total. The summed E-state index contributed by atoms with van der Waals surface area (Å²) >= 11 is 6.14. The van der Waals surface area contributed by atoms with Crippen molar-refractivity contribution in [3.63, 3.8) is 0 Å². The van der Waals surface area contributed by atoms with Crippen LogP contribution in [0.2, 0.25) is 5.02 Å². The van der Waals surface area contributed by atoms with E-state index in [1.165, 1.54) is 5.56 Å². The molecule has 0 spiro atoms. The number of piperidine rings is 1. The van der Waals surface area contributed by atoms with Crippen LogP contribution in [0.5, 0.6) is 0 Å². The number of pyridine rings is 1. The second kappa shape index (κ2) is 7.46. The van der Waals surface area contributed by atoms with E-state index in [0.717, 1.165) is 55.0 Å². The molecule has 3 aromatic rings. The molecule has 5 nitrogen and oxygen atoms in total. The van der Waals surface area contributed by atoms with E-state index in [1.807, 2.05) is 43.5 Å². The van der Waals surface area contributed by atoms with E-state index >= 15 is 0 Å². The van der Waals surface area contributed by atoms with Crippen LogP contribution in [0, 0.1) is 6.92 Å². The molecule has 0 atom stereocenters. The number of hydrogen-bond donors (Lipinski definition) is 0. The third-order valence-electron chi connectivity index (χ3n) is 5.03. The lowest BCUT2D eigenvalue weighted by atomic mass is 9.95. The zero-order valence-electron chi connectivity index (χ0n) is 14.8. The first-order chi connectivity index (χ1) is 12.7. The number of aromatic nitrogens is 4. The summed E-state index contributed by atoms with van der Waals surface area (Å²) in [6.45, 7) is 4.76. The van der Waals surface area contributed by atoms with Crippen LogP contribution in [0.3, 0.4) is 0 Å². The van der Waals surface area contributed by atoms with Crippen LogP contribution in [0.4, 0.5) is 5.82 Å². The molecule has 6 heteroatoms. The van der Waals surface area contributed by atoms with Crippen LogP contribution >= 0.6 is 11.6 Å². The zero-order valence-corrected chi connectivity index (χ0v) is 15.6. The lowest BCUT2D eigenvalue weighted by Gasteiger charge is -2.32. The van der Waals surface area contributed by atoms with Gasteiger partial charge in [0.1, 0.15) is 17.5 Å². The molecule has 0 bridgehead atoms. The van der Waals surface area contributed by atoms with Crippen molar-refractivity contribution >= 4 is 17.4 Å². The number of nitrogens with zero attached hydrogens (tertiary/aromatic N) is 5. The molecule has 134 valence electrons. The van der Waals surface area contributed by atoms with Crippen molar-refractivity contribution < 1.29 is 0 Å². The van der Waals surface area contributed by atoms with Gasteiger partial charge in [0.25, 0.3) is 0 Å². The van der Waals surface area contributed by atoms with Crippen LogP contribution in [0.1, 0.15) is 36.0 Å². The Morgan fingerprint density at radius 2 is 1.92 bits per heavy atom. The Bertz CT molecular complexity index is 869. The van der Waals surface area contributed by atoms with Crippen molar-refractivity contribution in [2.45, 2.75) is 32.2 Å². The van der Waals surface area contributed by atoms with Gasteiger partial charge < -0.3 is 9.47 Å². The maximum Gasteiger partial charge on any atom is 0.136 e. The van der Waals surface area contributed by atoms with Crippen molar-refractivity contribution in [1.82, 2.24) is 19.7 Å². The number of aryl methyl sites for hydroxylation is 1. The fraction of sp³-hybridized carbons (Fsp3) is 0.350. The van der Waals surface area contributed by atoms with Gasteiger partial charge in [0.05, 0.1) is 6.54 Å². The van der Waals surface area contributed by atoms with Crippen molar-refractivity contribution in [3.8, 4) is 0 Å². The highest BCUT2D eigenvalue weighted by Gasteiger charge is 2.26. The molecule has 26 heavy (non-hydrogen) atoms. The van der Waals surface area contributed by atoms with E-state index in [0.29, 0.717) is 5.92 Å². The quantitative estimate of drug-likeness (QED) is 0.697. The summed E-state index contributed by atoms with van der Waals surface area (Å²) < 4.78 is 2.23. The van der Waals surface area contributed by atoms with E-state index < -0.39 is 0 Å². The summed E-state index contributed by atoms with van der Waals surface area (Å²) in [5, 5.41) is 9.61. The fourth-order valence-electron chi connectivity index (χ4n) is 3.62. The Hall–Kier alpha value is -2.40. The Morgan fingerprint density at radius 3 is 2.65 bits per heavy atom. The van der Waals surface area contributed by atoms with E-state index in [1.54, 1.807) is 0 Å². The zero-order chi connectivity index (χ0) is 17.9. The molecule has 0 unspecified atom stereocenters. The molecule has 1 fully saturated rings. The summed E-state index contributed by atoms with van der Waals surface area (Å²) in [6.07, 6.45) is 3.97. The van der Waals surface area contributed by atoms with Gasteiger partial charge in [-0.2, -0.15) is 0 Å². The minimum absolute atomic E-state index is 0.426. The molecular formula is C20H22ClN5. The molecule has 0 amide bonds. The van der Waals surface area contributed by atoms with Crippen LogP contribution in [-0.2, 0) is 6.54 Å². The van der Waals surface area contributed by atoms with Gasteiger partial charge >= 0.3 is 0 Å². The first-order valence-corrected chi connectivity index (χ1v) is 9.38. The Kier molecular flexibility index (Phi) is 4.89. The van der Waals surface area contributed by atoms with Crippen molar-refractivity contribution in [2.24, 2.45) is 0 Å². The van der Waals surface area contributed by atoms with Crippen molar-refractivity contribution in [3.05, 3.63) is 70.9 Å². The Morgan fingerprint density at radius 1 is 1.08 bits per heavy atom. The summed E-state index contributed by atoms with van der Waals surface area (Å²) in [7, 11) is 0. The maximum absolute atomic E-state index is 6.14. The lowest BCUT2D eigenvalue weighted by Crippen LogP contribution is -2.34. The predicted molar refractivity (Wildman–Crippen MR) is 104 cm³/mol. The second-order valence-corrected chi connectivity index (χ2v) is 7.21. The van der Waals surface area contributed by atoms with Crippen LogP contribution in [0.15, 0.2) is 48.7 Å². The molecule has 1 aliphatic rings. The average molecular weight is 368 g/mol. The molecule has 3 heterocycles. The second-order valence-electron chi connectivity index (χ2n) is 6.77. The van der Waals surface area contributed by atoms with Gasteiger partial charge in [-0.1, -0.05) is 29.8 Å². The number of rotatable bonds is 4. The number of hydrogen-bond acceptors (Lipinski definition) is 4. The first kappa shape index (κ1) is 17.0. The SMILES string of the molecule is Cc1nnc(C2CCN(c3ccccn3)CC2)n1Cc1cccc(Cl)c1. The van der Waals surface area contributed by atoms with Crippen LogP contribution in [-0.4, -0.2) is 32.8 Å². The predicted octanol–water partition coefficient (Wildman–Crippen LogP) is 4.07. The van der Waals surface area contributed by atoms with Gasteiger partial charge in [0.15, 0.2) is 0 Å².